The molecule has 0 saturated carbocycles. The maximum Gasteiger partial charge on any atom is 0.253 e. The molecule has 1 fully saturated rings. The first-order valence-electron chi connectivity index (χ1n) is 10.9. The normalized spacial score (nSPS) is 15.0. The molecule has 0 bridgehead atoms. The smallest absolute Gasteiger partial charge is 0.253 e. The number of carbonyl (C=O) groups excluding carboxylic acids is 3. The van der Waals surface area contributed by atoms with Crippen LogP contribution >= 0.6 is 11.3 Å². The molecule has 182 valence electrons. The Morgan fingerprint density at radius 2 is 2.14 bits per heavy atom. The summed E-state index contributed by atoms with van der Waals surface area (Å²) in [7, 11) is 1.46. The van der Waals surface area contributed by atoms with Gasteiger partial charge in [-0.15, -0.1) is 11.3 Å². The third-order valence-corrected chi connectivity index (χ3v) is 6.58. The molecule has 35 heavy (non-hydrogen) atoms. The van der Waals surface area contributed by atoms with Crippen molar-refractivity contribution in [1.29, 1.82) is 0 Å². The Labute approximate surface area is 206 Å². The van der Waals surface area contributed by atoms with E-state index in [4.69, 9.17) is 9.47 Å². The van der Waals surface area contributed by atoms with E-state index >= 15 is 0 Å². The fourth-order valence-electron chi connectivity index (χ4n) is 3.68. The first-order valence-corrected chi connectivity index (χ1v) is 11.8. The number of nitrogens with zero attached hydrogens (tertiary/aromatic N) is 2. The molecule has 4 rings (SSSR count). The zero-order chi connectivity index (χ0) is 25.0. The van der Waals surface area contributed by atoms with Crippen molar-refractivity contribution in [3.8, 4) is 11.3 Å². The van der Waals surface area contributed by atoms with Crippen LogP contribution in [-0.2, 0) is 19.8 Å². The summed E-state index contributed by atoms with van der Waals surface area (Å²) in [5, 5.41) is 7.62. The van der Waals surface area contributed by atoms with E-state index in [0.29, 0.717) is 35.2 Å². The molecular formula is C25H26N4O5S. The van der Waals surface area contributed by atoms with Gasteiger partial charge in [0.1, 0.15) is 6.04 Å². The highest BCUT2D eigenvalue weighted by Gasteiger charge is 2.35. The van der Waals surface area contributed by atoms with Gasteiger partial charge in [0.15, 0.2) is 11.4 Å². The monoisotopic (exact) mass is 494 g/mol. The maximum absolute atomic E-state index is 12.9. The molecule has 0 aliphatic carbocycles. The number of benzene rings is 1. The van der Waals surface area contributed by atoms with Crippen LogP contribution in [0.3, 0.4) is 0 Å². The molecule has 2 N–H and O–H groups in total. The minimum atomic E-state index is -0.917. The Hall–Kier alpha value is -3.60. The van der Waals surface area contributed by atoms with Crippen molar-refractivity contribution < 1.29 is 23.9 Å². The van der Waals surface area contributed by atoms with Gasteiger partial charge in [-0.1, -0.05) is 24.8 Å². The largest absolute Gasteiger partial charge is 0.382 e. The molecule has 1 aliphatic rings. The second-order valence-electron chi connectivity index (χ2n) is 8.47. The number of rotatable bonds is 10. The van der Waals surface area contributed by atoms with Gasteiger partial charge in [0.25, 0.3) is 11.8 Å². The van der Waals surface area contributed by atoms with E-state index in [2.05, 4.69) is 29.1 Å². The fourth-order valence-corrected chi connectivity index (χ4v) is 4.41. The first-order chi connectivity index (χ1) is 16.9. The van der Waals surface area contributed by atoms with Gasteiger partial charge in [0, 0.05) is 36.0 Å². The molecule has 2 amide bonds. The van der Waals surface area contributed by atoms with Crippen LogP contribution in [-0.4, -0.2) is 60.6 Å². The Balaban J connectivity index is 1.43. The average Bonchev–Trinajstić information content (AvgIpc) is 3.52. The van der Waals surface area contributed by atoms with Gasteiger partial charge in [-0.3, -0.25) is 14.4 Å². The molecule has 3 heterocycles. The number of anilines is 1. The van der Waals surface area contributed by atoms with Crippen LogP contribution in [0.15, 0.2) is 48.6 Å². The molecule has 2 aromatic heterocycles. The third kappa shape index (κ3) is 5.24. The van der Waals surface area contributed by atoms with Crippen molar-refractivity contribution in [3.63, 3.8) is 0 Å². The lowest BCUT2D eigenvalue weighted by atomic mass is 10.0. The van der Waals surface area contributed by atoms with Crippen molar-refractivity contribution in [1.82, 2.24) is 14.9 Å². The number of hydrogen-bond donors (Lipinski definition) is 2. The van der Waals surface area contributed by atoms with Crippen LogP contribution in [0.25, 0.3) is 17.3 Å². The number of hydrogen-bond acceptors (Lipinski definition) is 7. The number of ether oxygens (including phenoxy) is 2. The molecule has 1 aromatic carbocycles. The third-order valence-electron chi connectivity index (χ3n) is 5.82. The van der Waals surface area contributed by atoms with Crippen molar-refractivity contribution >= 4 is 40.6 Å². The molecule has 3 aromatic rings. The standard InChI is InChI=1S/C25H26N4O5S/c1-4-16-5-6-17(9-19(16)11-30)21-13-35-24(27-21)28-23(32)20(12-33-3)26-22(31)18-7-8-29(10-18)25(2)14-34-15-25/h4-11,13,20H,1,12,14-15H2,2-3H3,(H,26,31)(H,27,28,32)/t20-/m0/s1. The minimum absolute atomic E-state index is 0.00617. The summed E-state index contributed by atoms with van der Waals surface area (Å²) in [6.07, 6.45) is 5.96. The molecule has 10 heteroatoms. The van der Waals surface area contributed by atoms with Gasteiger partial charge in [-0.05, 0) is 24.6 Å². The van der Waals surface area contributed by atoms with Crippen molar-refractivity contribution in [2.45, 2.75) is 18.5 Å². The molecule has 0 radical (unpaired) electrons. The highest BCUT2D eigenvalue weighted by atomic mass is 32.1. The summed E-state index contributed by atoms with van der Waals surface area (Å²) < 4.78 is 12.4. The highest BCUT2D eigenvalue weighted by Crippen LogP contribution is 2.27. The van der Waals surface area contributed by atoms with E-state index in [0.717, 1.165) is 17.4 Å². The predicted molar refractivity (Wildman–Crippen MR) is 134 cm³/mol. The summed E-state index contributed by atoms with van der Waals surface area (Å²) >= 11 is 1.24. The Morgan fingerprint density at radius 3 is 2.80 bits per heavy atom. The van der Waals surface area contributed by atoms with Crippen molar-refractivity contribution in [2.24, 2.45) is 0 Å². The molecule has 0 unspecified atom stereocenters. The van der Waals surface area contributed by atoms with Gasteiger partial charge < -0.3 is 24.7 Å². The summed E-state index contributed by atoms with van der Waals surface area (Å²) in [6, 6.07) is 6.14. The van der Waals surface area contributed by atoms with E-state index in [-0.39, 0.29) is 18.1 Å². The van der Waals surface area contributed by atoms with Crippen LogP contribution in [0.2, 0.25) is 0 Å². The number of methoxy groups -OCH3 is 1. The number of carbonyl (C=O) groups is 3. The van der Waals surface area contributed by atoms with Gasteiger partial charge in [-0.2, -0.15) is 0 Å². The molecule has 1 atom stereocenters. The van der Waals surface area contributed by atoms with Crippen LogP contribution in [0.4, 0.5) is 5.13 Å². The fraction of sp³-hybridized carbons (Fsp3) is 0.280. The summed E-state index contributed by atoms with van der Waals surface area (Å²) in [6.45, 7) is 6.92. The van der Waals surface area contributed by atoms with Gasteiger partial charge in [-0.25, -0.2) is 4.98 Å². The van der Waals surface area contributed by atoms with Crippen molar-refractivity contribution in [3.05, 3.63) is 65.3 Å². The Morgan fingerprint density at radius 1 is 1.34 bits per heavy atom. The predicted octanol–water partition coefficient (Wildman–Crippen LogP) is 3.20. The minimum Gasteiger partial charge on any atom is -0.382 e. The summed E-state index contributed by atoms with van der Waals surface area (Å²) in [4.78, 5) is 41.5. The van der Waals surface area contributed by atoms with Crippen LogP contribution < -0.4 is 10.6 Å². The van der Waals surface area contributed by atoms with Gasteiger partial charge in [0.05, 0.1) is 36.6 Å². The van der Waals surface area contributed by atoms with E-state index in [1.807, 2.05) is 16.8 Å². The summed E-state index contributed by atoms with van der Waals surface area (Å²) in [5.41, 5.74) is 2.88. The number of aromatic nitrogens is 2. The van der Waals surface area contributed by atoms with Crippen LogP contribution in [0.1, 0.15) is 33.2 Å². The quantitative estimate of drug-likeness (QED) is 0.419. The lowest BCUT2D eigenvalue weighted by Crippen LogP contribution is -2.48. The molecule has 9 nitrogen and oxygen atoms in total. The second-order valence-corrected chi connectivity index (χ2v) is 9.33. The molecule has 0 spiro atoms. The lowest BCUT2D eigenvalue weighted by Gasteiger charge is -2.39. The second kappa shape index (κ2) is 10.3. The van der Waals surface area contributed by atoms with Crippen LogP contribution in [0.5, 0.6) is 0 Å². The molecule has 1 saturated heterocycles. The number of amides is 2. The molecular weight excluding hydrogens is 468 g/mol. The zero-order valence-electron chi connectivity index (χ0n) is 19.4. The first kappa shape index (κ1) is 24.5. The zero-order valence-corrected chi connectivity index (χ0v) is 20.3. The van der Waals surface area contributed by atoms with E-state index < -0.39 is 11.9 Å². The SMILES string of the molecule is C=Cc1ccc(-c2csc(NC(=O)[C@H](COC)NC(=O)c3ccn(C4(C)COC4)c3)n2)cc1C=O. The number of aldehydes is 1. The topological polar surface area (TPSA) is 112 Å². The number of thiazole rings is 1. The number of nitrogens with one attached hydrogen (secondary N) is 2. The van der Waals surface area contributed by atoms with E-state index in [1.54, 1.807) is 35.9 Å². The van der Waals surface area contributed by atoms with E-state index in [9.17, 15) is 14.4 Å². The van der Waals surface area contributed by atoms with Gasteiger partial charge in [0.2, 0.25) is 0 Å². The van der Waals surface area contributed by atoms with Gasteiger partial charge >= 0.3 is 0 Å². The Bertz CT molecular complexity index is 1260. The van der Waals surface area contributed by atoms with Crippen molar-refractivity contribution in [2.75, 3.05) is 32.2 Å². The van der Waals surface area contributed by atoms with E-state index in [1.165, 1.54) is 18.4 Å². The lowest BCUT2D eigenvalue weighted by molar-refractivity contribution is -0.119. The average molecular weight is 495 g/mol. The maximum atomic E-state index is 12.9. The highest BCUT2D eigenvalue weighted by molar-refractivity contribution is 7.14. The van der Waals surface area contributed by atoms with Crippen LogP contribution in [0, 0.1) is 0 Å². The summed E-state index contributed by atoms with van der Waals surface area (Å²) in [5.74, 6) is -0.830. The Kier molecular flexibility index (Phi) is 7.25. The molecule has 1 aliphatic heterocycles.